The Morgan fingerprint density at radius 2 is 1.55 bits per heavy atom. The number of amides is 3. The van der Waals surface area contributed by atoms with Crippen molar-refractivity contribution in [1.29, 1.82) is 0 Å². The maximum Gasteiger partial charge on any atom is 0.263 e. The third-order valence-corrected chi connectivity index (χ3v) is 16.1. The Kier molecular flexibility index (Phi) is 12.4. The highest BCUT2D eigenvalue weighted by atomic mass is 16.3. The first-order valence-electron chi connectivity index (χ1n) is 24.5. The number of nitrogens with zero attached hydrogens (tertiary/aromatic N) is 7. The largest absolute Gasteiger partial charge is 0.385 e. The number of carbonyl (C=O) groups is 4. The molecule has 4 aromatic rings. The van der Waals surface area contributed by atoms with Gasteiger partial charge in [0.05, 0.1) is 11.2 Å². The van der Waals surface area contributed by atoms with Crippen molar-refractivity contribution in [3.8, 4) is 0 Å². The first-order valence-corrected chi connectivity index (χ1v) is 24.5. The van der Waals surface area contributed by atoms with E-state index in [1.807, 2.05) is 30.5 Å². The summed E-state index contributed by atoms with van der Waals surface area (Å²) in [6, 6.07) is 9.24. The van der Waals surface area contributed by atoms with Crippen LogP contribution in [0.25, 0.3) is 11.0 Å². The standard InChI is InChI=1S/C51H63N9O6/c1-31-41-27-53-50(56-46(41)60(39-5-3-4-6-39)49(65)45(31)32(2)61)54-43-15-12-36(26-52-43)35-17-21-57(22-18-35)28-33-7-9-34(10-8-33)29-58-23-19-51(66,20-24-58)38-13-11-37-30-59(48(64)40(37)25-38)42-14-16-44(62)55-47(42)63/h11-13,15,25-27,33-35,39,42,66H,3-10,14,16-24,28-30H2,1-2H3,(H,55,62,63)(H,52,53,54,56). The van der Waals surface area contributed by atoms with Gasteiger partial charge in [-0.1, -0.05) is 31.0 Å². The molecule has 3 saturated heterocycles. The van der Waals surface area contributed by atoms with Crippen LogP contribution in [0.5, 0.6) is 0 Å². The summed E-state index contributed by atoms with van der Waals surface area (Å²) >= 11 is 0. The third kappa shape index (κ3) is 8.81. The molecule has 3 amide bonds. The number of nitrogens with one attached hydrogen (secondary N) is 2. The number of rotatable bonds is 11. The van der Waals surface area contributed by atoms with Crippen molar-refractivity contribution in [3.63, 3.8) is 0 Å². The summed E-state index contributed by atoms with van der Waals surface area (Å²) in [4.78, 5) is 84.6. The number of aliphatic hydroxyl groups is 1. The van der Waals surface area contributed by atoms with Crippen LogP contribution in [0.1, 0.15) is 152 Å². The number of piperidine rings is 3. The van der Waals surface area contributed by atoms with Crippen molar-refractivity contribution in [2.24, 2.45) is 11.8 Å². The number of pyridine rings is 2. The van der Waals surface area contributed by atoms with Crippen LogP contribution in [0.3, 0.4) is 0 Å². The molecule has 7 heterocycles. The molecule has 4 aliphatic heterocycles. The van der Waals surface area contributed by atoms with E-state index >= 15 is 0 Å². The summed E-state index contributed by atoms with van der Waals surface area (Å²) in [5, 5.41) is 18.2. The normalized spacial score (nSPS) is 24.5. The second-order valence-electron chi connectivity index (χ2n) is 20.3. The van der Waals surface area contributed by atoms with E-state index in [0.29, 0.717) is 66.2 Å². The van der Waals surface area contributed by atoms with Gasteiger partial charge in [0.1, 0.15) is 17.5 Å². The maximum atomic E-state index is 13.6. The number of ketones is 1. The second-order valence-corrected chi connectivity index (χ2v) is 20.3. The van der Waals surface area contributed by atoms with Gasteiger partial charge in [0, 0.05) is 68.5 Å². The lowest BCUT2D eigenvalue weighted by molar-refractivity contribution is -0.136. The predicted molar refractivity (Wildman–Crippen MR) is 249 cm³/mol. The van der Waals surface area contributed by atoms with Gasteiger partial charge in [-0.3, -0.25) is 33.9 Å². The van der Waals surface area contributed by atoms with Crippen LogP contribution in [0.4, 0.5) is 11.8 Å². The van der Waals surface area contributed by atoms with Crippen LogP contribution in [-0.4, -0.2) is 108 Å². The second kappa shape index (κ2) is 18.4. The number of imide groups is 1. The first-order chi connectivity index (χ1) is 31.9. The number of aromatic nitrogens is 4. The van der Waals surface area contributed by atoms with Crippen molar-refractivity contribution in [3.05, 3.63) is 86.5 Å². The number of carbonyl (C=O) groups excluding carboxylic acids is 4. The first kappa shape index (κ1) is 44.5. The highest BCUT2D eigenvalue weighted by Gasteiger charge is 2.41. The number of anilines is 2. The summed E-state index contributed by atoms with van der Waals surface area (Å²) in [6.07, 6.45) is 16.6. The Bertz CT molecular complexity index is 2580. The van der Waals surface area contributed by atoms with E-state index in [1.165, 1.54) is 44.7 Å². The molecule has 0 bridgehead atoms. The molecule has 3 N–H and O–H groups in total. The van der Waals surface area contributed by atoms with Crippen molar-refractivity contribution >= 4 is 46.3 Å². The SMILES string of the molecule is CC(=O)c1c(C)c2cnc(Nc3ccc(C4CCN(CC5CCC(CN6CCC(O)(c7ccc8c(c7)C(=O)N(C7CCC(=O)NC7=O)C8)CC6)CC5)CC4)cn3)nc2n(C2CCCC2)c1=O. The fourth-order valence-electron chi connectivity index (χ4n) is 12.2. The zero-order valence-electron chi connectivity index (χ0n) is 38.4. The Hall–Kier alpha value is -5.38. The average Bonchev–Trinajstić information content (AvgIpc) is 3.96. The maximum absolute atomic E-state index is 13.6. The lowest BCUT2D eigenvalue weighted by Crippen LogP contribution is -2.52. The fraction of sp³-hybridized carbons (Fsp3) is 0.569. The van der Waals surface area contributed by atoms with Crippen molar-refractivity contribution in [2.75, 3.05) is 44.6 Å². The molecule has 15 heteroatoms. The number of likely N-dealkylation sites (tertiary alicyclic amines) is 2. The highest BCUT2D eigenvalue weighted by molar-refractivity contribution is 6.05. The minimum absolute atomic E-state index is 0.0232. The van der Waals surface area contributed by atoms with E-state index in [0.717, 1.165) is 93.7 Å². The number of Topliss-reactive ketones (excluding diaryl/α,β-unsaturated/α-hetero) is 1. The number of hydrogen-bond acceptors (Lipinski definition) is 12. The molecule has 2 saturated carbocycles. The summed E-state index contributed by atoms with van der Waals surface area (Å²) < 4.78 is 1.74. The van der Waals surface area contributed by atoms with Crippen LogP contribution in [-0.2, 0) is 21.7 Å². The minimum Gasteiger partial charge on any atom is -0.385 e. The van der Waals surface area contributed by atoms with E-state index in [2.05, 4.69) is 31.5 Å². The fourth-order valence-corrected chi connectivity index (χ4v) is 12.2. The van der Waals surface area contributed by atoms with Gasteiger partial charge in [0.25, 0.3) is 11.5 Å². The molecule has 66 heavy (non-hydrogen) atoms. The Morgan fingerprint density at radius 1 is 0.848 bits per heavy atom. The molecule has 1 unspecified atom stereocenters. The van der Waals surface area contributed by atoms with Crippen LogP contribution < -0.4 is 16.2 Å². The van der Waals surface area contributed by atoms with Crippen molar-refractivity contribution in [2.45, 2.75) is 134 Å². The van der Waals surface area contributed by atoms with Gasteiger partial charge in [-0.2, -0.15) is 4.98 Å². The number of aryl methyl sites for hydroxylation is 1. The van der Waals surface area contributed by atoms with Gasteiger partial charge < -0.3 is 25.1 Å². The third-order valence-electron chi connectivity index (χ3n) is 16.1. The highest BCUT2D eigenvalue weighted by Crippen LogP contribution is 2.39. The van der Waals surface area contributed by atoms with Crippen LogP contribution >= 0.6 is 0 Å². The molecule has 0 radical (unpaired) electrons. The van der Waals surface area contributed by atoms with E-state index in [4.69, 9.17) is 9.97 Å². The molecule has 0 spiro atoms. The van der Waals surface area contributed by atoms with Gasteiger partial charge in [-0.15, -0.1) is 0 Å². The van der Waals surface area contributed by atoms with Crippen molar-refractivity contribution in [1.82, 2.24) is 39.5 Å². The van der Waals surface area contributed by atoms with E-state index < -0.39 is 17.6 Å². The smallest absolute Gasteiger partial charge is 0.263 e. The van der Waals surface area contributed by atoms with E-state index in [9.17, 15) is 29.1 Å². The summed E-state index contributed by atoms with van der Waals surface area (Å²) in [5.41, 5.74) is 3.61. The predicted octanol–water partition coefficient (Wildman–Crippen LogP) is 6.29. The van der Waals surface area contributed by atoms with Gasteiger partial charge in [0.2, 0.25) is 17.8 Å². The van der Waals surface area contributed by atoms with Crippen LogP contribution in [0, 0.1) is 18.8 Å². The monoisotopic (exact) mass is 897 g/mol. The molecule has 10 rings (SSSR count). The molecule has 5 fully saturated rings. The number of fused-ring (bicyclic) bond motifs is 2. The molecule has 348 valence electrons. The van der Waals surface area contributed by atoms with Crippen molar-refractivity contribution < 1.29 is 24.3 Å². The summed E-state index contributed by atoms with van der Waals surface area (Å²) in [7, 11) is 0. The van der Waals surface area contributed by atoms with E-state index in [1.54, 1.807) is 22.6 Å². The lowest BCUT2D eigenvalue weighted by atomic mass is 9.80. The van der Waals surface area contributed by atoms with E-state index in [-0.39, 0.29) is 41.2 Å². The molecular weight excluding hydrogens is 835 g/mol. The molecule has 6 aliphatic rings. The summed E-state index contributed by atoms with van der Waals surface area (Å²) in [6.45, 7) is 9.66. The minimum atomic E-state index is -0.988. The van der Waals surface area contributed by atoms with Gasteiger partial charge in [-0.05, 0) is 150 Å². The van der Waals surface area contributed by atoms with Gasteiger partial charge in [0.15, 0.2) is 5.78 Å². The van der Waals surface area contributed by atoms with Crippen LogP contribution in [0.2, 0.25) is 0 Å². The van der Waals surface area contributed by atoms with Gasteiger partial charge >= 0.3 is 0 Å². The lowest BCUT2D eigenvalue weighted by Gasteiger charge is -2.41. The Labute approximate surface area is 385 Å². The molecule has 1 aromatic carbocycles. The molecule has 15 nitrogen and oxygen atoms in total. The molecular formula is C51H63N9O6. The molecule has 2 aliphatic carbocycles. The zero-order valence-corrected chi connectivity index (χ0v) is 38.4. The Balaban J connectivity index is 0.664. The Morgan fingerprint density at radius 3 is 2.20 bits per heavy atom. The molecule has 3 aromatic heterocycles. The number of benzene rings is 1. The molecule has 1 atom stereocenters. The zero-order chi connectivity index (χ0) is 45.7. The quantitative estimate of drug-likeness (QED) is 0.113. The number of hydrogen-bond donors (Lipinski definition) is 3. The average molecular weight is 898 g/mol. The van der Waals surface area contributed by atoms with Gasteiger partial charge in [-0.25, -0.2) is 9.97 Å². The topological polar surface area (TPSA) is 183 Å². The van der Waals surface area contributed by atoms with Crippen LogP contribution in [0.15, 0.2) is 47.5 Å². The summed E-state index contributed by atoms with van der Waals surface area (Å²) in [5.74, 6) is 1.76.